The third kappa shape index (κ3) is 2.85. The van der Waals surface area contributed by atoms with Gasteiger partial charge >= 0.3 is 0 Å². The Bertz CT molecular complexity index is 885. The molecule has 0 aliphatic rings. The maximum Gasteiger partial charge on any atom is 0.144 e. The highest BCUT2D eigenvalue weighted by atomic mass is 31.2. The Morgan fingerprint density at radius 1 is 0.423 bits per heavy atom. The molecule has 0 fully saturated rings. The predicted molar refractivity (Wildman–Crippen MR) is 111 cm³/mol. The molecule has 126 valence electrons. The Hall–Kier alpha value is -2.76. The molecule has 0 saturated carbocycles. The van der Waals surface area contributed by atoms with Gasteiger partial charge in [0.15, 0.2) is 0 Å². The van der Waals surface area contributed by atoms with Gasteiger partial charge in [0.1, 0.15) is 34.3 Å². The van der Waals surface area contributed by atoms with E-state index in [-0.39, 0.29) is 5.82 Å². The third-order valence-electron chi connectivity index (χ3n) is 4.63. The van der Waals surface area contributed by atoms with Crippen molar-refractivity contribution in [1.29, 1.82) is 0 Å². The first-order valence-corrected chi connectivity index (χ1v) is 10.4. The summed E-state index contributed by atoms with van der Waals surface area (Å²) in [5.74, 6) is -0.199. The average Bonchev–Trinajstić information content (AvgIpc) is 2.71. The van der Waals surface area contributed by atoms with Crippen LogP contribution >= 0.6 is 7.26 Å². The largest absolute Gasteiger partial charge is 0.207 e. The highest BCUT2D eigenvalue weighted by Gasteiger charge is 2.47. The van der Waals surface area contributed by atoms with Crippen molar-refractivity contribution >= 4 is 28.5 Å². The van der Waals surface area contributed by atoms with E-state index >= 15 is 0 Å². The zero-order valence-electron chi connectivity index (χ0n) is 14.3. The van der Waals surface area contributed by atoms with E-state index in [0.717, 1.165) is 5.30 Å². The van der Waals surface area contributed by atoms with Crippen LogP contribution in [0.15, 0.2) is 115 Å². The summed E-state index contributed by atoms with van der Waals surface area (Å²) in [7, 11) is -2.17. The fourth-order valence-electron chi connectivity index (χ4n) is 3.53. The Labute approximate surface area is 154 Å². The lowest BCUT2D eigenvalue weighted by Gasteiger charge is -2.27. The minimum atomic E-state index is -2.17. The van der Waals surface area contributed by atoms with Crippen molar-refractivity contribution < 1.29 is 4.39 Å². The van der Waals surface area contributed by atoms with Crippen LogP contribution in [0.4, 0.5) is 4.39 Å². The van der Waals surface area contributed by atoms with Gasteiger partial charge in [-0.25, -0.2) is 4.39 Å². The fourth-order valence-corrected chi connectivity index (χ4v) is 7.81. The van der Waals surface area contributed by atoms with Crippen LogP contribution in [0.25, 0.3) is 0 Å². The molecule has 0 nitrogen and oxygen atoms in total. The molecule has 4 aromatic rings. The summed E-state index contributed by atoms with van der Waals surface area (Å²) in [5, 5.41) is 4.70. The molecule has 4 rings (SSSR count). The fraction of sp³-hybridized carbons (Fsp3) is 0. The van der Waals surface area contributed by atoms with Crippen LogP contribution < -0.4 is 21.2 Å². The van der Waals surface area contributed by atoms with Crippen molar-refractivity contribution in [1.82, 2.24) is 0 Å². The van der Waals surface area contributed by atoms with Gasteiger partial charge in [0.2, 0.25) is 0 Å². The lowest BCUT2D eigenvalue weighted by atomic mass is 10.3. The summed E-state index contributed by atoms with van der Waals surface area (Å²) in [4.78, 5) is 0. The minimum Gasteiger partial charge on any atom is -0.207 e. The van der Waals surface area contributed by atoms with Gasteiger partial charge in [-0.1, -0.05) is 60.7 Å². The second kappa shape index (κ2) is 7.23. The van der Waals surface area contributed by atoms with Crippen molar-refractivity contribution in [2.75, 3.05) is 0 Å². The quantitative estimate of drug-likeness (QED) is 0.474. The lowest BCUT2D eigenvalue weighted by molar-refractivity contribution is 0.629. The predicted octanol–water partition coefficient (Wildman–Crippen LogP) is 4.45. The zero-order valence-corrected chi connectivity index (χ0v) is 15.2. The smallest absolute Gasteiger partial charge is 0.144 e. The summed E-state index contributed by atoms with van der Waals surface area (Å²) >= 11 is 0. The normalized spacial score (nSPS) is 11.3. The van der Waals surface area contributed by atoms with Crippen LogP contribution in [0.1, 0.15) is 0 Å². The third-order valence-corrected chi connectivity index (χ3v) is 8.90. The number of benzene rings is 4. The van der Waals surface area contributed by atoms with Crippen LogP contribution in [0, 0.1) is 5.82 Å². The van der Waals surface area contributed by atoms with Crippen LogP contribution in [-0.4, -0.2) is 0 Å². The molecule has 0 N–H and O–H groups in total. The van der Waals surface area contributed by atoms with Gasteiger partial charge in [-0.3, -0.25) is 0 Å². The second-order valence-corrected chi connectivity index (χ2v) is 9.56. The zero-order chi connectivity index (χ0) is 17.8. The van der Waals surface area contributed by atoms with Crippen LogP contribution in [0.2, 0.25) is 0 Å². The molecule has 0 radical (unpaired) electrons. The van der Waals surface area contributed by atoms with Gasteiger partial charge in [-0.2, -0.15) is 0 Å². The number of hydrogen-bond donors (Lipinski definition) is 0. The van der Waals surface area contributed by atoms with Gasteiger partial charge in [-0.15, -0.1) is 0 Å². The van der Waals surface area contributed by atoms with E-state index in [2.05, 4.69) is 78.9 Å². The molecule has 2 heteroatoms. The van der Waals surface area contributed by atoms with Crippen molar-refractivity contribution in [2.24, 2.45) is 0 Å². The summed E-state index contributed by atoms with van der Waals surface area (Å²) < 4.78 is 14.3. The van der Waals surface area contributed by atoms with Gasteiger partial charge in [0.25, 0.3) is 0 Å². The van der Waals surface area contributed by atoms with Crippen LogP contribution in [0.3, 0.4) is 0 Å². The van der Waals surface area contributed by atoms with Gasteiger partial charge in [0.05, 0.1) is 0 Å². The van der Waals surface area contributed by atoms with Crippen molar-refractivity contribution in [3.63, 3.8) is 0 Å². The van der Waals surface area contributed by atoms with E-state index in [1.54, 1.807) is 6.07 Å². The first-order valence-electron chi connectivity index (χ1n) is 8.64. The topological polar surface area (TPSA) is 0 Å². The first-order chi connectivity index (χ1) is 12.8. The summed E-state index contributed by atoms with van der Waals surface area (Å²) in [6.45, 7) is 0. The van der Waals surface area contributed by atoms with Crippen molar-refractivity contribution in [3.8, 4) is 0 Å². The molecule has 0 spiro atoms. The maximum atomic E-state index is 14.3. The number of hydrogen-bond acceptors (Lipinski definition) is 0. The van der Waals surface area contributed by atoms with Gasteiger partial charge in [0, 0.05) is 6.07 Å². The molecule has 0 saturated heterocycles. The maximum absolute atomic E-state index is 14.3. The Morgan fingerprint density at radius 3 is 1.19 bits per heavy atom. The lowest BCUT2D eigenvalue weighted by Crippen LogP contribution is -2.38. The first kappa shape index (κ1) is 16.7. The highest BCUT2D eigenvalue weighted by molar-refractivity contribution is 8.01. The van der Waals surface area contributed by atoms with Gasteiger partial charge in [-0.05, 0) is 48.5 Å². The second-order valence-electron chi connectivity index (χ2n) is 6.16. The van der Waals surface area contributed by atoms with E-state index in [4.69, 9.17) is 0 Å². The molecule has 0 aliphatic carbocycles. The molecular weight excluding hydrogens is 338 g/mol. The summed E-state index contributed by atoms with van der Waals surface area (Å²) in [5.41, 5.74) is 0. The Kier molecular flexibility index (Phi) is 4.65. The van der Waals surface area contributed by atoms with Crippen molar-refractivity contribution in [3.05, 3.63) is 121 Å². The van der Waals surface area contributed by atoms with Crippen LogP contribution in [0.5, 0.6) is 0 Å². The molecule has 0 atom stereocenters. The average molecular weight is 357 g/mol. The van der Waals surface area contributed by atoms with E-state index in [9.17, 15) is 4.39 Å². The van der Waals surface area contributed by atoms with E-state index in [0.29, 0.717) is 0 Å². The molecule has 4 aromatic carbocycles. The van der Waals surface area contributed by atoms with E-state index in [1.807, 2.05) is 24.3 Å². The van der Waals surface area contributed by atoms with Gasteiger partial charge < -0.3 is 0 Å². The Morgan fingerprint density at radius 2 is 0.808 bits per heavy atom. The highest BCUT2D eigenvalue weighted by Crippen LogP contribution is 2.54. The molecule has 0 amide bonds. The molecule has 0 aromatic heterocycles. The standard InChI is InChI=1S/C24H19FP/c25-20-11-10-18-24(19-20)26(21-12-4-1-5-13-21,22-14-6-2-7-15-22)23-16-8-3-9-17-23/h1-19H/q+1. The van der Waals surface area contributed by atoms with E-state index < -0.39 is 7.26 Å². The number of halogens is 1. The molecule has 26 heavy (non-hydrogen) atoms. The number of rotatable bonds is 4. The summed E-state index contributed by atoms with van der Waals surface area (Å²) in [6.07, 6.45) is 0. The van der Waals surface area contributed by atoms with Crippen molar-refractivity contribution in [2.45, 2.75) is 0 Å². The molecular formula is C24H19FP+. The molecule has 0 unspecified atom stereocenters. The summed E-state index contributed by atoms with van der Waals surface area (Å²) in [6, 6.07) is 38.5. The molecule has 0 heterocycles. The molecule has 0 aliphatic heterocycles. The monoisotopic (exact) mass is 357 g/mol. The molecule has 0 bridgehead atoms. The minimum absolute atomic E-state index is 0.199. The SMILES string of the molecule is Fc1cccc([P+](c2ccccc2)(c2ccccc2)c2ccccc2)c1. The van der Waals surface area contributed by atoms with E-state index in [1.165, 1.54) is 22.0 Å². The Balaban J connectivity index is 2.14. The van der Waals surface area contributed by atoms with Crippen LogP contribution in [-0.2, 0) is 0 Å².